The number of hydrogen-bond acceptors (Lipinski definition) is 7. The summed E-state index contributed by atoms with van der Waals surface area (Å²) in [6, 6.07) is 3.29. The summed E-state index contributed by atoms with van der Waals surface area (Å²) in [5, 5.41) is 5.82. The van der Waals surface area contributed by atoms with E-state index in [0.29, 0.717) is 48.9 Å². The van der Waals surface area contributed by atoms with Gasteiger partial charge in [-0.25, -0.2) is 4.98 Å². The van der Waals surface area contributed by atoms with Gasteiger partial charge in [0.15, 0.2) is 0 Å². The van der Waals surface area contributed by atoms with Gasteiger partial charge in [-0.3, -0.25) is 4.79 Å². The number of nitrogens with one attached hydrogen (secondary N) is 2. The van der Waals surface area contributed by atoms with Gasteiger partial charge in [-0.05, 0) is 43.9 Å². The van der Waals surface area contributed by atoms with Gasteiger partial charge >= 0.3 is 6.18 Å². The number of hydrogen-bond donors (Lipinski definition) is 2. The minimum Gasteiger partial charge on any atom is -0.495 e. The fourth-order valence-electron chi connectivity index (χ4n) is 3.75. The molecule has 178 valence electrons. The lowest BCUT2D eigenvalue weighted by atomic mass is 9.93. The molecule has 1 aliphatic carbocycles. The monoisotopic (exact) mass is 465 g/mol. The van der Waals surface area contributed by atoms with Crippen molar-refractivity contribution in [3.05, 3.63) is 35.0 Å². The Morgan fingerprint density at radius 3 is 2.58 bits per heavy atom. The van der Waals surface area contributed by atoms with Crippen molar-refractivity contribution < 1.29 is 27.4 Å². The first-order chi connectivity index (χ1) is 15.8. The van der Waals surface area contributed by atoms with Crippen molar-refractivity contribution in [1.29, 1.82) is 0 Å². The van der Waals surface area contributed by atoms with Gasteiger partial charge in [0.05, 0.1) is 26.0 Å². The van der Waals surface area contributed by atoms with Crippen LogP contribution in [0, 0.1) is 6.92 Å². The van der Waals surface area contributed by atoms with Gasteiger partial charge in [0.2, 0.25) is 5.95 Å². The van der Waals surface area contributed by atoms with Crippen LogP contribution in [0.15, 0.2) is 18.3 Å². The topological polar surface area (TPSA) is 88.6 Å². The van der Waals surface area contributed by atoms with E-state index in [4.69, 9.17) is 9.47 Å². The van der Waals surface area contributed by atoms with Gasteiger partial charge in [-0.15, -0.1) is 0 Å². The molecule has 1 aliphatic heterocycles. The van der Waals surface area contributed by atoms with E-state index in [9.17, 15) is 18.0 Å². The number of morpholine rings is 1. The van der Waals surface area contributed by atoms with Gasteiger partial charge in [-0.2, -0.15) is 18.2 Å². The summed E-state index contributed by atoms with van der Waals surface area (Å²) in [5.41, 5.74) is 0.715. The van der Waals surface area contributed by atoms with Crippen molar-refractivity contribution in [2.75, 3.05) is 44.0 Å². The van der Waals surface area contributed by atoms with Crippen molar-refractivity contribution in [3.8, 4) is 5.75 Å². The first-order valence-corrected chi connectivity index (χ1v) is 10.8. The fourth-order valence-corrected chi connectivity index (χ4v) is 3.75. The summed E-state index contributed by atoms with van der Waals surface area (Å²) in [5.74, 6) is -0.0260. The molecule has 33 heavy (non-hydrogen) atoms. The first-order valence-electron chi connectivity index (χ1n) is 10.8. The average Bonchev–Trinajstić information content (AvgIpc) is 2.76. The number of carbonyl (C=O) groups excluding carboxylic acids is 1. The highest BCUT2D eigenvalue weighted by Gasteiger charge is 2.36. The Kier molecular flexibility index (Phi) is 6.59. The number of amides is 1. The number of rotatable bonds is 6. The fraction of sp³-hybridized carbons (Fsp3) is 0.500. The number of aromatic nitrogens is 2. The molecule has 8 nitrogen and oxygen atoms in total. The normalized spacial score (nSPS) is 16.8. The Balaban J connectivity index is 1.60. The first kappa shape index (κ1) is 23.1. The molecule has 0 spiro atoms. The number of nitrogens with zero attached hydrogens (tertiary/aromatic N) is 3. The minimum atomic E-state index is -4.57. The van der Waals surface area contributed by atoms with Crippen LogP contribution in [0.1, 0.15) is 40.7 Å². The molecule has 2 aromatic rings. The Morgan fingerprint density at radius 1 is 1.24 bits per heavy atom. The SMILES string of the molecule is COc1cc(C(=O)N2CCOCC2)c(C)cc1Nc1ncc(C(F)(F)F)c(NC2CCC2)n1. The highest BCUT2D eigenvalue weighted by molar-refractivity contribution is 5.97. The molecule has 2 aliphatic rings. The van der Waals surface area contributed by atoms with Crippen LogP contribution in [-0.2, 0) is 10.9 Å². The van der Waals surface area contributed by atoms with E-state index >= 15 is 0 Å². The molecular formula is C22H26F3N5O3. The van der Waals surface area contributed by atoms with E-state index < -0.39 is 11.7 Å². The third-order valence-corrected chi connectivity index (χ3v) is 5.86. The van der Waals surface area contributed by atoms with Gasteiger partial charge in [0, 0.05) is 30.9 Å². The zero-order valence-corrected chi connectivity index (χ0v) is 18.5. The molecule has 0 radical (unpaired) electrons. The molecule has 0 atom stereocenters. The van der Waals surface area contributed by atoms with E-state index in [1.165, 1.54) is 7.11 Å². The molecule has 1 saturated carbocycles. The Hall–Kier alpha value is -3.08. The van der Waals surface area contributed by atoms with Crippen molar-refractivity contribution >= 4 is 23.4 Å². The number of carbonyl (C=O) groups is 1. The molecule has 1 amide bonds. The number of alkyl halides is 3. The van der Waals surface area contributed by atoms with Crippen LogP contribution in [0.2, 0.25) is 0 Å². The van der Waals surface area contributed by atoms with Crippen LogP contribution in [0.3, 0.4) is 0 Å². The van der Waals surface area contributed by atoms with Gasteiger partial charge in [-0.1, -0.05) is 0 Å². The number of halogens is 3. The molecule has 4 rings (SSSR count). The van der Waals surface area contributed by atoms with Gasteiger partial charge in [0.1, 0.15) is 17.1 Å². The molecule has 1 saturated heterocycles. The lowest BCUT2D eigenvalue weighted by Crippen LogP contribution is -2.40. The number of benzene rings is 1. The van der Waals surface area contributed by atoms with Crippen LogP contribution in [0.25, 0.3) is 0 Å². The quantitative estimate of drug-likeness (QED) is 0.667. The summed E-state index contributed by atoms with van der Waals surface area (Å²) in [6.07, 6.45) is -1.22. The standard InChI is InChI=1S/C22H26F3N5O3/c1-13-10-17(18(32-2)11-15(13)20(31)30-6-8-33-9-7-30)28-21-26-12-16(22(23,24)25)19(29-21)27-14-4-3-5-14/h10-12,14H,3-9H2,1-2H3,(H2,26,27,28,29). The summed E-state index contributed by atoms with van der Waals surface area (Å²) in [7, 11) is 1.45. The molecule has 11 heteroatoms. The number of anilines is 3. The molecular weight excluding hydrogens is 439 g/mol. The number of ether oxygens (including phenoxy) is 2. The maximum atomic E-state index is 13.4. The van der Waals surface area contributed by atoms with Crippen LogP contribution < -0.4 is 15.4 Å². The molecule has 0 unspecified atom stereocenters. The average molecular weight is 465 g/mol. The van der Waals surface area contributed by atoms with E-state index in [1.54, 1.807) is 24.0 Å². The molecule has 2 heterocycles. The van der Waals surface area contributed by atoms with Crippen LogP contribution in [0.4, 0.5) is 30.6 Å². The molecule has 1 aromatic heterocycles. The largest absolute Gasteiger partial charge is 0.495 e. The summed E-state index contributed by atoms with van der Waals surface area (Å²) >= 11 is 0. The summed E-state index contributed by atoms with van der Waals surface area (Å²) in [4.78, 5) is 22.6. The molecule has 0 bridgehead atoms. The zero-order chi connectivity index (χ0) is 23.6. The lowest BCUT2D eigenvalue weighted by Gasteiger charge is -2.28. The lowest BCUT2D eigenvalue weighted by molar-refractivity contribution is -0.137. The molecule has 2 N–H and O–H groups in total. The van der Waals surface area contributed by atoms with Crippen molar-refractivity contribution in [2.45, 2.75) is 38.4 Å². The van der Waals surface area contributed by atoms with Crippen molar-refractivity contribution in [1.82, 2.24) is 14.9 Å². The van der Waals surface area contributed by atoms with E-state index in [1.807, 2.05) is 0 Å². The number of methoxy groups -OCH3 is 1. The van der Waals surface area contributed by atoms with Crippen LogP contribution >= 0.6 is 0 Å². The van der Waals surface area contributed by atoms with Crippen molar-refractivity contribution in [3.63, 3.8) is 0 Å². The van der Waals surface area contributed by atoms with E-state index in [2.05, 4.69) is 20.6 Å². The molecule has 2 fully saturated rings. The maximum absolute atomic E-state index is 13.4. The highest BCUT2D eigenvalue weighted by atomic mass is 19.4. The Labute approximate surface area is 189 Å². The third-order valence-electron chi connectivity index (χ3n) is 5.86. The zero-order valence-electron chi connectivity index (χ0n) is 18.5. The second kappa shape index (κ2) is 9.42. The number of aryl methyl sites for hydroxylation is 1. The minimum absolute atomic E-state index is 0.00483. The third kappa shape index (κ3) is 5.13. The second-order valence-electron chi connectivity index (χ2n) is 8.12. The van der Waals surface area contributed by atoms with Gasteiger partial charge < -0.3 is 25.0 Å². The van der Waals surface area contributed by atoms with E-state index in [-0.39, 0.29) is 23.7 Å². The second-order valence-corrected chi connectivity index (χ2v) is 8.12. The highest BCUT2D eigenvalue weighted by Crippen LogP contribution is 2.37. The van der Waals surface area contributed by atoms with E-state index in [0.717, 1.165) is 25.5 Å². The van der Waals surface area contributed by atoms with Crippen molar-refractivity contribution in [2.24, 2.45) is 0 Å². The summed E-state index contributed by atoms with van der Waals surface area (Å²) in [6.45, 7) is 3.79. The predicted octanol–water partition coefficient (Wildman–Crippen LogP) is 3.99. The Bertz CT molecular complexity index is 1020. The maximum Gasteiger partial charge on any atom is 0.421 e. The smallest absolute Gasteiger partial charge is 0.421 e. The Morgan fingerprint density at radius 2 is 1.97 bits per heavy atom. The molecule has 1 aromatic carbocycles. The van der Waals surface area contributed by atoms with Crippen LogP contribution in [-0.4, -0.2) is 60.2 Å². The van der Waals surface area contributed by atoms with Gasteiger partial charge in [0.25, 0.3) is 5.91 Å². The van der Waals surface area contributed by atoms with Crippen LogP contribution in [0.5, 0.6) is 5.75 Å². The summed E-state index contributed by atoms with van der Waals surface area (Å²) < 4.78 is 51.0. The predicted molar refractivity (Wildman–Crippen MR) is 116 cm³/mol.